The van der Waals surface area contributed by atoms with Crippen LogP contribution in [0.1, 0.15) is 26.7 Å². The molecule has 1 fully saturated rings. The molecule has 0 saturated carbocycles. The summed E-state index contributed by atoms with van der Waals surface area (Å²) < 4.78 is 33.2. The minimum Gasteiger partial charge on any atom is -0.353 e. The van der Waals surface area contributed by atoms with E-state index < -0.39 is 7.60 Å². The molecule has 0 N–H and O–H groups in total. The van der Waals surface area contributed by atoms with E-state index in [1.54, 1.807) is 13.8 Å². The molecule has 0 aromatic carbocycles. The molecule has 1 heterocycles. The molecule has 0 aromatic rings. The molecule has 6 heteroatoms. The van der Waals surface area contributed by atoms with E-state index in [0.717, 1.165) is 6.42 Å². The van der Waals surface area contributed by atoms with Crippen LogP contribution in [0.15, 0.2) is 0 Å². The van der Waals surface area contributed by atoms with Gasteiger partial charge in [0.1, 0.15) is 0 Å². The zero-order valence-electron chi connectivity index (χ0n) is 10.0. The van der Waals surface area contributed by atoms with Crippen molar-refractivity contribution >= 4 is 7.60 Å². The molecule has 0 aliphatic carbocycles. The van der Waals surface area contributed by atoms with Crippen molar-refractivity contribution in [2.24, 2.45) is 0 Å². The Morgan fingerprint density at radius 3 is 2.25 bits per heavy atom. The van der Waals surface area contributed by atoms with E-state index in [1.807, 2.05) is 0 Å². The number of ether oxygens (including phenoxy) is 2. The summed E-state index contributed by atoms with van der Waals surface area (Å²) >= 11 is 0. The monoisotopic (exact) mass is 252 g/mol. The van der Waals surface area contributed by atoms with Crippen LogP contribution in [0.2, 0.25) is 0 Å². The van der Waals surface area contributed by atoms with Crippen molar-refractivity contribution in [3.05, 3.63) is 0 Å². The Morgan fingerprint density at radius 2 is 1.75 bits per heavy atom. The SMILES string of the molecule is CCOP(=O)(CCC1OCCCO1)OCC. The van der Waals surface area contributed by atoms with Gasteiger partial charge in [0.05, 0.1) is 32.6 Å². The summed E-state index contributed by atoms with van der Waals surface area (Å²) in [4.78, 5) is 0. The largest absolute Gasteiger partial charge is 0.353 e. The lowest BCUT2D eigenvalue weighted by atomic mass is 10.4. The van der Waals surface area contributed by atoms with Gasteiger partial charge in [0, 0.05) is 6.42 Å². The maximum Gasteiger partial charge on any atom is 0.330 e. The Labute approximate surface area is 96.9 Å². The van der Waals surface area contributed by atoms with Crippen molar-refractivity contribution in [1.82, 2.24) is 0 Å². The zero-order chi connectivity index (χ0) is 11.9. The molecule has 5 nitrogen and oxygen atoms in total. The van der Waals surface area contributed by atoms with Gasteiger partial charge in [-0.25, -0.2) is 0 Å². The predicted octanol–water partition coefficient (Wildman–Crippen LogP) is 2.41. The van der Waals surface area contributed by atoms with E-state index in [9.17, 15) is 4.57 Å². The van der Waals surface area contributed by atoms with Gasteiger partial charge in [-0.2, -0.15) is 0 Å². The first-order valence-electron chi connectivity index (χ1n) is 5.81. The fourth-order valence-corrected chi connectivity index (χ4v) is 3.17. The molecule has 1 saturated heterocycles. The van der Waals surface area contributed by atoms with Crippen molar-refractivity contribution in [3.63, 3.8) is 0 Å². The molecule has 0 radical (unpaired) electrons. The van der Waals surface area contributed by atoms with Gasteiger partial charge in [0.25, 0.3) is 0 Å². The maximum atomic E-state index is 12.1. The first-order valence-corrected chi connectivity index (χ1v) is 7.54. The molecule has 0 atom stereocenters. The van der Waals surface area contributed by atoms with E-state index in [4.69, 9.17) is 18.5 Å². The van der Waals surface area contributed by atoms with Gasteiger partial charge in [0.15, 0.2) is 6.29 Å². The van der Waals surface area contributed by atoms with Gasteiger partial charge in [-0.1, -0.05) is 0 Å². The van der Waals surface area contributed by atoms with E-state index in [-0.39, 0.29) is 6.29 Å². The van der Waals surface area contributed by atoms with Gasteiger partial charge in [-0.05, 0) is 20.3 Å². The molecule has 0 bridgehead atoms. The highest BCUT2D eigenvalue weighted by Gasteiger charge is 2.26. The van der Waals surface area contributed by atoms with E-state index >= 15 is 0 Å². The molecular formula is C10H21O5P. The summed E-state index contributed by atoms with van der Waals surface area (Å²) in [6, 6.07) is 0. The first kappa shape index (κ1) is 14.1. The summed E-state index contributed by atoms with van der Waals surface area (Å²) in [5.74, 6) is 0. The highest BCUT2D eigenvalue weighted by Crippen LogP contribution is 2.48. The number of rotatable bonds is 7. The minimum atomic E-state index is -2.95. The van der Waals surface area contributed by atoms with Gasteiger partial charge >= 0.3 is 7.60 Å². The van der Waals surface area contributed by atoms with E-state index in [0.29, 0.717) is 39.0 Å². The van der Waals surface area contributed by atoms with Crippen LogP contribution in [-0.2, 0) is 23.1 Å². The third-order valence-electron chi connectivity index (χ3n) is 2.19. The lowest BCUT2D eigenvalue weighted by Gasteiger charge is -2.24. The Balaban J connectivity index is 2.33. The topological polar surface area (TPSA) is 54.0 Å². The Hall–Kier alpha value is 0.0700. The second-order valence-corrected chi connectivity index (χ2v) is 5.67. The van der Waals surface area contributed by atoms with Crippen LogP contribution in [0, 0.1) is 0 Å². The highest BCUT2D eigenvalue weighted by atomic mass is 31.2. The van der Waals surface area contributed by atoms with Crippen molar-refractivity contribution < 1.29 is 23.1 Å². The van der Waals surface area contributed by atoms with Gasteiger partial charge in [-0.15, -0.1) is 0 Å². The molecule has 0 amide bonds. The van der Waals surface area contributed by atoms with Crippen LogP contribution in [0.25, 0.3) is 0 Å². The second kappa shape index (κ2) is 7.41. The van der Waals surface area contributed by atoms with Crippen LogP contribution in [0.5, 0.6) is 0 Å². The Morgan fingerprint density at radius 1 is 1.19 bits per heavy atom. The van der Waals surface area contributed by atoms with Crippen molar-refractivity contribution in [3.8, 4) is 0 Å². The standard InChI is InChI=1S/C10H21O5P/c1-3-14-16(11,15-4-2)9-6-10-12-7-5-8-13-10/h10H,3-9H2,1-2H3. The smallest absolute Gasteiger partial charge is 0.330 e. The summed E-state index contributed by atoms with van der Waals surface area (Å²) in [5, 5.41) is 0. The van der Waals surface area contributed by atoms with Crippen LogP contribution in [0.3, 0.4) is 0 Å². The number of hydrogen-bond donors (Lipinski definition) is 0. The Bertz CT molecular complexity index is 217. The summed E-state index contributed by atoms with van der Waals surface area (Å²) in [5.41, 5.74) is 0. The fraction of sp³-hybridized carbons (Fsp3) is 1.00. The lowest BCUT2D eigenvalue weighted by Crippen LogP contribution is -2.25. The third kappa shape index (κ3) is 4.93. The Kier molecular flexibility index (Phi) is 6.54. The molecule has 0 unspecified atom stereocenters. The van der Waals surface area contributed by atoms with Gasteiger partial charge < -0.3 is 18.5 Å². The first-order chi connectivity index (χ1) is 7.70. The molecule has 1 aliphatic rings. The molecule has 16 heavy (non-hydrogen) atoms. The summed E-state index contributed by atoms with van der Waals surface area (Å²) in [6.07, 6.45) is 1.56. The van der Waals surface area contributed by atoms with Gasteiger partial charge in [-0.3, -0.25) is 4.57 Å². The predicted molar refractivity (Wildman–Crippen MR) is 60.7 cm³/mol. The molecule has 1 rings (SSSR count). The van der Waals surface area contributed by atoms with Gasteiger partial charge in [0.2, 0.25) is 0 Å². The normalized spacial score (nSPS) is 18.9. The molecule has 0 spiro atoms. The average molecular weight is 252 g/mol. The van der Waals surface area contributed by atoms with E-state index in [2.05, 4.69) is 0 Å². The van der Waals surface area contributed by atoms with Crippen LogP contribution >= 0.6 is 7.60 Å². The lowest BCUT2D eigenvalue weighted by molar-refractivity contribution is -0.178. The van der Waals surface area contributed by atoms with Crippen LogP contribution in [-0.4, -0.2) is 38.9 Å². The highest BCUT2D eigenvalue weighted by molar-refractivity contribution is 7.53. The van der Waals surface area contributed by atoms with Crippen LogP contribution < -0.4 is 0 Å². The fourth-order valence-electron chi connectivity index (χ4n) is 1.53. The number of hydrogen-bond acceptors (Lipinski definition) is 5. The molecule has 96 valence electrons. The third-order valence-corrected chi connectivity index (χ3v) is 4.30. The minimum absolute atomic E-state index is 0.261. The molecule has 1 aliphatic heterocycles. The van der Waals surface area contributed by atoms with Crippen molar-refractivity contribution in [2.75, 3.05) is 32.6 Å². The molecular weight excluding hydrogens is 231 g/mol. The quantitative estimate of drug-likeness (QED) is 0.651. The zero-order valence-corrected chi connectivity index (χ0v) is 10.9. The van der Waals surface area contributed by atoms with Crippen molar-refractivity contribution in [1.29, 1.82) is 0 Å². The van der Waals surface area contributed by atoms with Crippen LogP contribution in [0.4, 0.5) is 0 Å². The maximum absolute atomic E-state index is 12.1. The average Bonchev–Trinajstić information content (AvgIpc) is 2.29. The second-order valence-electron chi connectivity index (χ2n) is 3.48. The van der Waals surface area contributed by atoms with Crippen molar-refractivity contribution in [2.45, 2.75) is 33.0 Å². The van der Waals surface area contributed by atoms with E-state index in [1.165, 1.54) is 0 Å². The summed E-state index contributed by atoms with van der Waals surface area (Å²) in [7, 11) is -2.95. The summed E-state index contributed by atoms with van der Waals surface area (Å²) in [6.45, 7) is 5.81. The molecule has 0 aromatic heterocycles.